The zero-order valence-corrected chi connectivity index (χ0v) is 15.4. The summed E-state index contributed by atoms with van der Waals surface area (Å²) in [5.41, 5.74) is 0. The molecule has 0 bridgehead atoms. The highest BCUT2D eigenvalue weighted by Gasteiger charge is 2.43. The van der Waals surface area contributed by atoms with Gasteiger partial charge in [0.1, 0.15) is 11.6 Å². The van der Waals surface area contributed by atoms with Crippen molar-refractivity contribution in [3.05, 3.63) is 11.6 Å². The Kier molecular flexibility index (Phi) is 5.23. The van der Waals surface area contributed by atoms with Crippen LogP contribution in [0.25, 0.3) is 0 Å². The second kappa shape index (κ2) is 7.21. The number of nitrogens with zero attached hydrogens (tertiary/aromatic N) is 4. The molecule has 1 saturated carbocycles. The van der Waals surface area contributed by atoms with E-state index in [1.165, 1.54) is 12.8 Å². The molecule has 0 aromatic carbocycles. The molecule has 24 heavy (non-hydrogen) atoms. The molecule has 0 radical (unpaired) electrons. The fourth-order valence-corrected chi connectivity index (χ4v) is 3.66. The number of likely N-dealkylation sites (N-methyl/N-ethyl adjacent to an activating group) is 1. The first-order valence-corrected chi connectivity index (χ1v) is 9.30. The average molecular weight is 334 g/mol. The Morgan fingerprint density at radius 1 is 1.29 bits per heavy atom. The first kappa shape index (κ1) is 17.4. The van der Waals surface area contributed by atoms with Crippen molar-refractivity contribution in [2.75, 3.05) is 26.7 Å². The number of carbonyl (C=O) groups is 1. The van der Waals surface area contributed by atoms with Crippen LogP contribution in [-0.4, -0.2) is 52.4 Å². The van der Waals surface area contributed by atoms with Crippen molar-refractivity contribution in [3.8, 4) is 0 Å². The SMILES string of the molecule is CCOC(=O)[C@H]1CN(C)C[C@@H]1c1nnc(CCC(C)C)n1C1CC1. The minimum Gasteiger partial charge on any atom is -0.466 e. The monoisotopic (exact) mass is 334 g/mol. The van der Waals surface area contributed by atoms with Gasteiger partial charge in [-0.05, 0) is 39.2 Å². The van der Waals surface area contributed by atoms with E-state index in [1.807, 2.05) is 6.92 Å². The standard InChI is InChI=1S/C18H30N4O2/c1-5-24-18(23)15-11-21(4)10-14(15)17-20-19-16(9-6-12(2)3)22(17)13-7-8-13/h12-15H,5-11H2,1-4H3/t14-,15-/m0/s1. The van der Waals surface area contributed by atoms with Gasteiger partial charge in [-0.25, -0.2) is 0 Å². The second-order valence-electron chi connectivity index (χ2n) is 7.69. The molecule has 1 aromatic rings. The molecule has 0 spiro atoms. The van der Waals surface area contributed by atoms with Crippen molar-refractivity contribution in [1.82, 2.24) is 19.7 Å². The molecule has 2 heterocycles. The third-order valence-corrected chi connectivity index (χ3v) is 5.07. The fraction of sp³-hybridized carbons (Fsp3) is 0.833. The lowest BCUT2D eigenvalue weighted by Gasteiger charge is -2.18. The van der Waals surface area contributed by atoms with Crippen LogP contribution in [0.2, 0.25) is 0 Å². The van der Waals surface area contributed by atoms with Crippen LogP contribution in [0, 0.1) is 11.8 Å². The molecule has 1 aromatic heterocycles. The summed E-state index contributed by atoms with van der Waals surface area (Å²) in [7, 11) is 2.06. The van der Waals surface area contributed by atoms with Crippen LogP contribution in [0.15, 0.2) is 0 Å². The van der Waals surface area contributed by atoms with Crippen molar-refractivity contribution in [2.24, 2.45) is 11.8 Å². The zero-order valence-electron chi connectivity index (χ0n) is 15.4. The van der Waals surface area contributed by atoms with Gasteiger partial charge in [0.25, 0.3) is 0 Å². The summed E-state index contributed by atoms with van der Waals surface area (Å²) in [6.45, 7) is 8.35. The highest BCUT2D eigenvalue weighted by molar-refractivity contribution is 5.74. The van der Waals surface area contributed by atoms with E-state index in [0.29, 0.717) is 18.6 Å². The number of ether oxygens (including phenoxy) is 1. The molecule has 2 aliphatic rings. The van der Waals surface area contributed by atoms with E-state index in [0.717, 1.165) is 37.6 Å². The van der Waals surface area contributed by atoms with Gasteiger partial charge in [0.2, 0.25) is 0 Å². The Bertz CT molecular complexity index is 580. The minimum absolute atomic E-state index is 0.0925. The Morgan fingerprint density at radius 3 is 2.67 bits per heavy atom. The number of likely N-dealkylation sites (tertiary alicyclic amines) is 1. The van der Waals surface area contributed by atoms with Gasteiger partial charge >= 0.3 is 5.97 Å². The molecular formula is C18H30N4O2. The van der Waals surface area contributed by atoms with Gasteiger partial charge in [-0.2, -0.15) is 0 Å². The Labute approximate surface area is 144 Å². The molecular weight excluding hydrogens is 304 g/mol. The van der Waals surface area contributed by atoms with Crippen LogP contribution in [0.3, 0.4) is 0 Å². The second-order valence-corrected chi connectivity index (χ2v) is 7.69. The number of rotatable bonds is 7. The van der Waals surface area contributed by atoms with Crippen molar-refractivity contribution in [2.45, 2.75) is 58.4 Å². The maximum absolute atomic E-state index is 12.4. The lowest BCUT2D eigenvalue weighted by molar-refractivity contribution is -0.148. The lowest BCUT2D eigenvalue weighted by Crippen LogP contribution is -2.26. The van der Waals surface area contributed by atoms with Crippen molar-refractivity contribution < 1.29 is 9.53 Å². The fourth-order valence-electron chi connectivity index (χ4n) is 3.66. The summed E-state index contributed by atoms with van der Waals surface area (Å²) in [6, 6.07) is 0.533. The van der Waals surface area contributed by atoms with E-state index in [-0.39, 0.29) is 17.8 Å². The predicted octanol–water partition coefficient (Wildman–Crippen LogP) is 2.41. The maximum atomic E-state index is 12.4. The molecule has 6 heteroatoms. The largest absolute Gasteiger partial charge is 0.466 e. The van der Waals surface area contributed by atoms with Gasteiger partial charge in [0, 0.05) is 31.5 Å². The molecule has 1 aliphatic heterocycles. The maximum Gasteiger partial charge on any atom is 0.311 e. The molecule has 0 unspecified atom stereocenters. The number of carbonyl (C=O) groups excluding carboxylic acids is 1. The van der Waals surface area contributed by atoms with Crippen molar-refractivity contribution in [3.63, 3.8) is 0 Å². The zero-order chi connectivity index (χ0) is 17.3. The van der Waals surface area contributed by atoms with Crippen molar-refractivity contribution >= 4 is 5.97 Å². The average Bonchev–Trinajstić information content (AvgIpc) is 3.16. The third kappa shape index (κ3) is 3.63. The molecule has 1 saturated heterocycles. The summed E-state index contributed by atoms with van der Waals surface area (Å²) in [5.74, 6) is 2.62. The van der Waals surface area contributed by atoms with Gasteiger partial charge < -0.3 is 14.2 Å². The van der Waals surface area contributed by atoms with Crippen LogP contribution in [-0.2, 0) is 16.0 Å². The Hall–Kier alpha value is -1.43. The predicted molar refractivity (Wildman–Crippen MR) is 91.8 cm³/mol. The molecule has 2 atom stereocenters. The van der Waals surface area contributed by atoms with Crippen LogP contribution >= 0.6 is 0 Å². The number of aromatic nitrogens is 3. The Morgan fingerprint density at radius 2 is 2.04 bits per heavy atom. The number of esters is 1. The van der Waals surface area contributed by atoms with Gasteiger partial charge in [-0.3, -0.25) is 4.79 Å². The summed E-state index contributed by atoms with van der Waals surface area (Å²) in [4.78, 5) is 14.6. The van der Waals surface area contributed by atoms with Crippen molar-refractivity contribution in [1.29, 1.82) is 0 Å². The van der Waals surface area contributed by atoms with Crippen LogP contribution in [0.4, 0.5) is 0 Å². The highest BCUT2D eigenvalue weighted by atomic mass is 16.5. The molecule has 3 rings (SSSR count). The summed E-state index contributed by atoms with van der Waals surface area (Å²) in [6.07, 6.45) is 4.49. The van der Waals surface area contributed by atoms with Gasteiger partial charge in [-0.1, -0.05) is 13.8 Å². The summed E-state index contributed by atoms with van der Waals surface area (Å²) < 4.78 is 7.65. The molecule has 0 amide bonds. The number of aryl methyl sites for hydroxylation is 1. The first-order valence-electron chi connectivity index (χ1n) is 9.30. The lowest BCUT2D eigenvalue weighted by atomic mass is 9.95. The highest BCUT2D eigenvalue weighted by Crippen LogP contribution is 2.41. The molecule has 6 nitrogen and oxygen atoms in total. The normalized spacial score (nSPS) is 24.7. The quantitative estimate of drug-likeness (QED) is 0.717. The Balaban J connectivity index is 1.85. The molecule has 2 fully saturated rings. The van der Waals surface area contributed by atoms with E-state index in [4.69, 9.17) is 4.74 Å². The van der Waals surface area contributed by atoms with Gasteiger partial charge in [0.15, 0.2) is 0 Å². The minimum atomic E-state index is -0.130. The summed E-state index contributed by atoms with van der Waals surface area (Å²) in [5, 5.41) is 9.04. The van der Waals surface area contributed by atoms with Gasteiger partial charge in [-0.15, -0.1) is 10.2 Å². The van der Waals surface area contributed by atoms with Crippen LogP contribution < -0.4 is 0 Å². The van der Waals surface area contributed by atoms with E-state index in [2.05, 4.69) is 40.6 Å². The van der Waals surface area contributed by atoms with E-state index in [1.54, 1.807) is 0 Å². The smallest absolute Gasteiger partial charge is 0.311 e. The van der Waals surface area contributed by atoms with E-state index < -0.39 is 0 Å². The third-order valence-electron chi connectivity index (χ3n) is 5.07. The number of hydrogen-bond acceptors (Lipinski definition) is 5. The molecule has 0 N–H and O–H groups in total. The number of hydrogen-bond donors (Lipinski definition) is 0. The molecule has 134 valence electrons. The first-order chi connectivity index (χ1) is 11.5. The van der Waals surface area contributed by atoms with E-state index in [9.17, 15) is 4.79 Å². The summed E-state index contributed by atoms with van der Waals surface area (Å²) >= 11 is 0. The van der Waals surface area contributed by atoms with Crippen LogP contribution in [0.1, 0.15) is 63.6 Å². The van der Waals surface area contributed by atoms with E-state index >= 15 is 0 Å². The van der Waals surface area contributed by atoms with Gasteiger partial charge in [0.05, 0.1) is 12.5 Å². The molecule has 1 aliphatic carbocycles. The topological polar surface area (TPSA) is 60.2 Å². The van der Waals surface area contributed by atoms with Crippen LogP contribution in [0.5, 0.6) is 0 Å².